The van der Waals surface area contributed by atoms with Crippen molar-refractivity contribution in [2.24, 2.45) is 5.10 Å². The fraction of sp³-hybridized carbons (Fsp3) is 0.100. The molecule has 2 heterocycles. The number of anilines is 1. The summed E-state index contributed by atoms with van der Waals surface area (Å²) in [4.78, 5) is 20.5. The fourth-order valence-electron chi connectivity index (χ4n) is 2.40. The van der Waals surface area contributed by atoms with Gasteiger partial charge in [0.2, 0.25) is 0 Å². The van der Waals surface area contributed by atoms with Gasteiger partial charge in [-0.15, -0.1) is 0 Å². The van der Waals surface area contributed by atoms with E-state index in [2.05, 4.69) is 25.8 Å². The zero-order valence-electron chi connectivity index (χ0n) is 15.0. The van der Waals surface area contributed by atoms with Crippen molar-refractivity contribution in [3.8, 4) is 0 Å². The normalized spacial score (nSPS) is 11.4. The monoisotopic (exact) mass is 399 g/mol. The van der Waals surface area contributed by atoms with E-state index >= 15 is 0 Å². The number of rotatable bonds is 6. The van der Waals surface area contributed by atoms with Crippen molar-refractivity contribution in [1.29, 1.82) is 0 Å². The molecule has 0 aliphatic carbocycles. The quantitative estimate of drug-likeness (QED) is 0.487. The Balaban J connectivity index is 1.63. The van der Waals surface area contributed by atoms with Gasteiger partial charge in [0.05, 0.1) is 17.3 Å². The molecule has 3 rings (SSSR count). The maximum atomic E-state index is 12.6. The van der Waals surface area contributed by atoms with Crippen LogP contribution in [-0.2, 0) is 12.7 Å². The van der Waals surface area contributed by atoms with Gasteiger partial charge in [0, 0.05) is 25.1 Å². The molecule has 29 heavy (non-hydrogen) atoms. The third kappa shape index (κ3) is 5.61. The first-order chi connectivity index (χ1) is 13.9. The molecule has 0 atom stereocenters. The molecule has 0 saturated carbocycles. The van der Waals surface area contributed by atoms with Crippen LogP contribution in [0.3, 0.4) is 0 Å². The minimum absolute atomic E-state index is 0.283. The Hall–Kier alpha value is -3.75. The molecular weight excluding hydrogens is 383 g/mol. The van der Waals surface area contributed by atoms with E-state index in [-0.39, 0.29) is 5.56 Å². The number of carbonyl (C=O) groups excluding carboxylic acids is 1. The van der Waals surface area contributed by atoms with Crippen molar-refractivity contribution < 1.29 is 18.0 Å². The predicted octanol–water partition coefficient (Wildman–Crippen LogP) is 3.87. The van der Waals surface area contributed by atoms with Crippen LogP contribution < -0.4 is 10.7 Å². The Bertz CT molecular complexity index is 989. The lowest BCUT2D eigenvalue weighted by Crippen LogP contribution is -2.20. The van der Waals surface area contributed by atoms with Crippen LogP contribution in [0.25, 0.3) is 0 Å². The molecule has 2 aromatic heterocycles. The molecule has 6 nitrogen and oxygen atoms in total. The van der Waals surface area contributed by atoms with Crippen molar-refractivity contribution in [1.82, 2.24) is 15.4 Å². The number of hydrazone groups is 1. The molecule has 1 aromatic carbocycles. The average molecular weight is 399 g/mol. The van der Waals surface area contributed by atoms with E-state index in [0.29, 0.717) is 17.9 Å². The molecule has 0 unspecified atom stereocenters. The molecule has 0 aliphatic heterocycles. The largest absolute Gasteiger partial charge is 0.416 e. The third-order valence-electron chi connectivity index (χ3n) is 3.88. The molecule has 0 aliphatic rings. The minimum atomic E-state index is -4.40. The van der Waals surface area contributed by atoms with E-state index in [0.717, 1.165) is 17.7 Å². The average Bonchev–Trinajstić information content (AvgIpc) is 2.73. The highest BCUT2D eigenvalue weighted by molar-refractivity contribution is 5.99. The first-order valence-electron chi connectivity index (χ1n) is 8.52. The number of halogens is 3. The number of nitrogens with zero attached hydrogens (tertiary/aromatic N) is 3. The number of nitrogens with one attached hydrogen (secondary N) is 2. The summed E-state index contributed by atoms with van der Waals surface area (Å²) in [5, 5.41) is 6.88. The van der Waals surface area contributed by atoms with E-state index in [1.807, 2.05) is 12.1 Å². The zero-order valence-corrected chi connectivity index (χ0v) is 15.0. The van der Waals surface area contributed by atoms with Crippen LogP contribution >= 0.6 is 0 Å². The maximum Gasteiger partial charge on any atom is 0.416 e. The summed E-state index contributed by atoms with van der Waals surface area (Å²) in [6.45, 7) is 0.453. The zero-order chi connectivity index (χ0) is 20.7. The molecule has 0 saturated heterocycles. The fourth-order valence-corrected chi connectivity index (χ4v) is 2.40. The summed E-state index contributed by atoms with van der Waals surface area (Å²) >= 11 is 0. The number of carbonyl (C=O) groups is 1. The van der Waals surface area contributed by atoms with Gasteiger partial charge in [0.25, 0.3) is 5.91 Å². The van der Waals surface area contributed by atoms with Gasteiger partial charge in [-0.3, -0.25) is 9.78 Å². The molecule has 3 aromatic rings. The second-order valence-electron chi connectivity index (χ2n) is 5.93. The van der Waals surface area contributed by atoms with Crippen molar-refractivity contribution in [2.75, 3.05) is 5.32 Å². The lowest BCUT2D eigenvalue weighted by Gasteiger charge is -2.09. The van der Waals surface area contributed by atoms with Crippen LogP contribution in [0, 0.1) is 0 Å². The lowest BCUT2D eigenvalue weighted by molar-refractivity contribution is -0.137. The highest BCUT2D eigenvalue weighted by Crippen LogP contribution is 2.28. The first-order valence-corrected chi connectivity index (χ1v) is 8.52. The Kier molecular flexibility index (Phi) is 6.18. The third-order valence-corrected chi connectivity index (χ3v) is 3.88. The second-order valence-corrected chi connectivity index (χ2v) is 5.93. The highest BCUT2D eigenvalue weighted by Gasteiger charge is 2.29. The minimum Gasteiger partial charge on any atom is -0.365 e. The summed E-state index contributed by atoms with van der Waals surface area (Å²) in [6.07, 6.45) is 1.75. The number of benzene rings is 1. The van der Waals surface area contributed by atoms with Crippen LogP contribution in [0.1, 0.15) is 27.0 Å². The van der Waals surface area contributed by atoms with E-state index < -0.39 is 17.6 Å². The molecule has 9 heteroatoms. The van der Waals surface area contributed by atoms with Gasteiger partial charge < -0.3 is 5.32 Å². The van der Waals surface area contributed by atoms with Crippen LogP contribution in [-0.4, -0.2) is 22.1 Å². The van der Waals surface area contributed by atoms with Gasteiger partial charge in [-0.1, -0.05) is 12.1 Å². The van der Waals surface area contributed by atoms with Gasteiger partial charge in [-0.25, -0.2) is 10.4 Å². The molecule has 148 valence electrons. The van der Waals surface area contributed by atoms with Gasteiger partial charge in [-0.05, 0) is 47.5 Å². The van der Waals surface area contributed by atoms with Crippen LogP contribution in [0.5, 0.6) is 0 Å². The number of aromatic nitrogens is 2. The van der Waals surface area contributed by atoms with Crippen molar-refractivity contribution >= 4 is 17.9 Å². The molecule has 1 amide bonds. The van der Waals surface area contributed by atoms with Crippen molar-refractivity contribution in [2.45, 2.75) is 12.7 Å². The van der Waals surface area contributed by atoms with E-state index in [9.17, 15) is 18.0 Å². The summed E-state index contributed by atoms with van der Waals surface area (Å²) in [7, 11) is 0. The molecular formula is C20H16F3N5O. The van der Waals surface area contributed by atoms with Crippen LogP contribution in [0.2, 0.25) is 0 Å². The van der Waals surface area contributed by atoms with E-state index in [1.54, 1.807) is 30.7 Å². The first kappa shape index (κ1) is 20.0. The SMILES string of the molecule is O=C(N/N=C/c1ccc(C(F)(F)F)cc1)c1cccnc1NCc1ccncc1. The number of pyridine rings is 2. The topological polar surface area (TPSA) is 79.3 Å². The van der Waals surface area contributed by atoms with Gasteiger partial charge in [0.15, 0.2) is 0 Å². The molecule has 0 bridgehead atoms. The van der Waals surface area contributed by atoms with E-state index in [4.69, 9.17) is 0 Å². The Morgan fingerprint density at radius 2 is 1.76 bits per heavy atom. The lowest BCUT2D eigenvalue weighted by atomic mass is 10.1. The number of hydrogen-bond acceptors (Lipinski definition) is 5. The van der Waals surface area contributed by atoms with Crippen LogP contribution in [0.4, 0.5) is 19.0 Å². The number of hydrogen-bond donors (Lipinski definition) is 2. The van der Waals surface area contributed by atoms with E-state index in [1.165, 1.54) is 18.3 Å². The standard InChI is InChI=1S/C20H16F3N5O/c21-20(22,23)16-5-3-14(4-6-16)13-27-28-19(29)17-2-1-9-25-18(17)26-12-15-7-10-24-11-8-15/h1-11,13H,12H2,(H,25,26)(H,28,29)/b27-13+. The smallest absolute Gasteiger partial charge is 0.365 e. The highest BCUT2D eigenvalue weighted by atomic mass is 19.4. The Morgan fingerprint density at radius 1 is 1.03 bits per heavy atom. The van der Waals surface area contributed by atoms with Gasteiger partial charge >= 0.3 is 6.18 Å². The summed E-state index contributed by atoms with van der Waals surface area (Å²) in [6, 6.07) is 11.3. The van der Waals surface area contributed by atoms with Gasteiger partial charge in [-0.2, -0.15) is 18.3 Å². The number of amides is 1. The molecule has 0 radical (unpaired) electrons. The van der Waals surface area contributed by atoms with Crippen molar-refractivity contribution in [3.05, 3.63) is 89.4 Å². The van der Waals surface area contributed by atoms with Gasteiger partial charge in [0.1, 0.15) is 5.82 Å². The molecule has 2 N–H and O–H groups in total. The second kappa shape index (κ2) is 8.96. The Morgan fingerprint density at radius 3 is 2.45 bits per heavy atom. The number of alkyl halides is 3. The van der Waals surface area contributed by atoms with Crippen molar-refractivity contribution in [3.63, 3.8) is 0 Å². The predicted molar refractivity (Wildman–Crippen MR) is 102 cm³/mol. The summed E-state index contributed by atoms with van der Waals surface area (Å²) in [5.41, 5.74) is 3.27. The van der Waals surface area contributed by atoms with Crippen LogP contribution in [0.15, 0.2) is 72.2 Å². The molecule has 0 fully saturated rings. The summed E-state index contributed by atoms with van der Waals surface area (Å²) < 4.78 is 37.7. The Labute approximate surface area is 164 Å². The summed E-state index contributed by atoms with van der Waals surface area (Å²) in [5.74, 6) is -0.120. The maximum absolute atomic E-state index is 12.6. The molecule has 0 spiro atoms.